The van der Waals surface area contributed by atoms with Crippen LogP contribution in [-0.4, -0.2) is 25.3 Å². The summed E-state index contributed by atoms with van der Waals surface area (Å²) in [6.45, 7) is 9.02. The first kappa shape index (κ1) is 15.2. The highest BCUT2D eigenvalue weighted by molar-refractivity contribution is 5.65. The largest absolute Gasteiger partial charge is 0.348 e. The van der Waals surface area contributed by atoms with Crippen LogP contribution in [-0.2, 0) is 19.2 Å². The highest BCUT2D eigenvalue weighted by Gasteiger charge is 2.33. The van der Waals surface area contributed by atoms with E-state index in [1.54, 1.807) is 0 Å². The van der Waals surface area contributed by atoms with E-state index in [1.807, 2.05) is 44.2 Å². The highest BCUT2D eigenvalue weighted by atomic mass is 17.3. The fourth-order valence-electron chi connectivity index (χ4n) is 2.09. The maximum atomic E-state index is 5.56. The van der Waals surface area contributed by atoms with Crippen molar-refractivity contribution in [2.45, 2.75) is 38.8 Å². The molecule has 0 spiro atoms. The molecule has 4 heteroatoms. The van der Waals surface area contributed by atoms with Crippen molar-refractivity contribution < 1.29 is 19.2 Å². The second kappa shape index (κ2) is 6.99. The van der Waals surface area contributed by atoms with Gasteiger partial charge in [0.05, 0.1) is 6.61 Å². The molecule has 110 valence electrons. The second-order valence-electron chi connectivity index (χ2n) is 4.94. The van der Waals surface area contributed by atoms with E-state index in [9.17, 15) is 0 Å². The van der Waals surface area contributed by atoms with Crippen molar-refractivity contribution in [1.82, 2.24) is 0 Å². The predicted octanol–water partition coefficient (Wildman–Crippen LogP) is 3.54. The van der Waals surface area contributed by atoms with Crippen LogP contribution in [0.15, 0.2) is 36.9 Å². The van der Waals surface area contributed by atoms with Gasteiger partial charge in [-0.1, -0.05) is 36.9 Å². The zero-order valence-electron chi connectivity index (χ0n) is 12.1. The number of ether oxygens (including phenoxy) is 2. The van der Waals surface area contributed by atoms with E-state index in [-0.39, 0.29) is 0 Å². The molecule has 1 aliphatic rings. The Morgan fingerprint density at radius 2 is 2.15 bits per heavy atom. The van der Waals surface area contributed by atoms with Gasteiger partial charge in [-0.2, -0.15) is 9.78 Å². The SMILES string of the molecule is C=C(c1ccccc1)C(OCC)OOC1(C)CCCO1. The Kier molecular flexibility index (Phi) is 5.31. The molecule has 0 aliphatic carbocycles. The molecule has 1 saturated heterocycles. The lowest BCUT2D eigenvalue weighted by Crippen LogP contribution is -2.31. The van der Waals surface area contributed by atoms with Crippen LogP contribution in [0.1, 0.15) is 32.3 Å². The van der Waals surface area contributed by atoms with Gasteiger partial charge >= 0.3 is 0 Å². The molecule has 1 heterocycles. The first-order chi connectivity index (χ1) is 9.64. The fraction of sp³-hybridized carbons (Fsp3) is 0.500. The minimum absolute atomic E-state index is 0.511. The molecule has 20 heavy (non-hydrogen) atoms. The molecule has 4 nitrogen and oxygen atoms in total. The Balaban J connectivity index is 1.98. The van der Waals surface area contributed by atoms with Gasteiger partial charge in [0.25, 0.3) is 0 Å². The zero-order valence-corrected chi connectivity index (χ0v) is 12.1. The Morgan fingerprint density at radius 3 is 2.75 bits per heavy atom. The molecule has 0 amide bonds. The maximum absolute atomic E-state index is 5.56. The van der Waals surface area contributed by atoms with Crippen molar-refractivity contribution in [3.63, 3.8) is 0 Å². The summed E-state index contributed by atoms with van der Waals surface area (Å²) in [6, 6.07) is 9.78. The van der Waals surface area contributed by atoms with Crippen LogP contribution in [0.2, 0.25) is 0 Å². The summed E-state index contributed by atoms with van der Waals surface area (Å²) in [5.74, 6) is -0.688. The van der Waals surface area contributed by atoms with Gasteiger partial charge in [0.1, 0.15) is 0 Å². The third-order valence-electron chi connectivity index (χ3n) is 3.24. The summed E-state index contributed by atoms with van der Waals surface area (Å²) in [5, 5.41) is 0. The molecule has 1 aromatic carbocycles. The van der Waals surface area contributed by atoms with Crippen LogP contribution >= 0.6 is 0 Å². The molecule has 1 aliphatic heterocycles. The molecule has 2 rings (SSSR count). The molecule has 0 saturated carbocycles. The van der Waals surface area contributed by atoms with Crippen molar-refractivity contribution in [1.29, 1.82) is 0 Å². The van der Waals surface area contributed by atoms with Crippen molar-refractivity contribution in [2.75, 3.05) is 13.2 Å². The van der Waals surface area contributed by atoms with E-state index in [0.29, 0.717) is 13.2 Å². The second-order valence-corrected chi connectivity index (χ2v) is 4.94. The lowest BCUT2D eigenvalue weighted by atomic mass is 10.1. The average Bonchev–Trinajstić information content (AvgIpc) is 2.91. The minimum atomic E-state index is -0.688. The number of benzene rings is 1. The van der Waals surface area contributed by atoms with E-state index in [2.05, 4.69) is 6.58 Å². The number of rotatable bonds is 7. The predicted molar refractivity (Wildman–Crippen MR) is 76.7 cm³/mol. The smallest absolute Gasteiger partial charge is 0.217 e. The maximum Gasteiger partial charge on any atom is 0.217 e. The normalized spacial score (nSPS) is 23.7. The van der Waals surface area contributed by atoms with Crippen molar-refractivity contribution >= 4 is 5.57 Å². The summed E-state index contributed by atoms with van der Waals surface area (Å²) in [6.07, 6.45) is 1.14. The molecule has 1 aromatic rings. The Bertz CT molecular complexity index is 423. The zero-order chi connectivity index (χ0) is 14.4. The van der Waals surface area contributed by atoms with Gasteiger partial charge in [0.15, 0.2) is 5.79 Å². The van der Waals surface area contributed by atoms with Crippen molar-refractivity contribution in [3.05, 3.63) is 42.5 Å². The topological polar surface area (TPSA) is 36.9 Å². The fourth-order valence-corrected chi connectivity index (χ4v) is 2.09. The Labute approximate surface area is 120 Å². The van der Waals surface area contributed by atoms with E-state index in [0.717, 1.165) is 24.0 Å². The summed E-state index contributed by atoms with van der Waals surface area (Å²) in [4.78, 5) is 10.9. The molecule has 0 N–H and O–H groups in total. The van der Waals surface area contributed by atoms with Crippen molar-refractivity contribution in [3.8, 4) is 0 Å². The lowest BCUT2D eigenvalue weighted by molar-refractivity contribution is -0.450. The first-order valence-corrected chi connectivity index (χ1v) is 6.99. The van der Waals surface area contributed by atoms with Crippen LogP contribution in [0.25, 0.3) is 5.57 Å². The Hall–Kier alpha value is -1.20. The molecule has 2 unspecified atom stereocenters. The molecular weight excluding hydrogens is 256 g/mol. The molecular formula is C16H22O4. The molecule has 1 fully saturated rings. The summed E-state index contributed by atoms with van der Waals surface area (Å²) >= 11 is 0. The number of hydrogen-bond donors (Lipinski definition) is 0. The van der Waals surface area contributed by atoms with Crippen LogP contribution in [0.4, 0.5) is 0 Å². The quantitative estimate of drug-likeness (QED) is 0.434. The van der Waals surface area contributed by atoms with E-state index in [4.69, 9.17) is 19.2 Å². The van der Waals surface area contributed by atoms with Crippen molar-refractivity contribution in [2.24, 2.45) is 0 Å². The molecule has 0 radical (unpaired) electrons. The summed E-state index contributed by atoms with van der Waals surface area (Å²) in [7, 11) is 0. The van der Waals surface area contributed by atoms with Gasteiger partial charge in [-0.3, -0.25) is 0 Å². The third-order valence-corrected chi connectivity index (χ3v) is 3.24. The van der Waals surface area contributed by atoms with Gasteiger partial charge in [-0.05, 0) is 25.8 Å². The third kappa shape index (κ3) is 3.90. The van der Waals surface area contributed by atoms with Crippen LogP contribution in [0, 0.1) is 0 Å². The van der Waals surface area contributed by atoms with E-state index >= 15 is 0 Å². The van der Waals surface area contributed by atoms with Gasteiger partial charge in [-0.15, -0.1) is 0 Å². The Morgan fingerprint density at radius 1 is 1.40 bits per heavy atom. The van der Waals surface area contributed by atoms with Gasteiger partial charge in [-0.25, -0.2) is 0 Å². The molecule has 0 aromatic heterocycles. The van der Waals surface area contributed by atoms with E-state index < -0.39 is 12.1 Å². The van der Waals surface area contributed by atoms with E-state index in [1.165, 1.54) is 0 Å². The standard InChI is InChI=1S/C16H22O4/c1-4-17-15(13(2)14-9-6-5-7-10-14)19-20-16(3)11-8-12-18-16/h5-7,9-10,15H,2,4,8,11-12H2,1,3H3. The first-order valence-electron chi connectivity index (χ1n) is 6.99. The van der Waals surface area contributed by atoms with Crippen LogP contribution in [0.3, 0.4) is 0 Å². The van der Waals surface area contributed by atoms with Crippen LogP contribution < -0.4 is 0 Å². The summed E-state index contributed by atoms with van der Waals surface area (Å²) in [5.41, 5.74) is 1.70. The average molecular weight is 278 g/mol. The van der Waals surface area contributed by atoms with Gasteiger partial charge < -0.3 is 9.47 Å². The highest BCUT2D eigenvalue weighted by Crippen LogP contribution is 2.29. The van der Waals surface area contributed by atoms with Crippen LogP contribution in [0.5, 0.6) is 0 Å². The summed E-state index contributed by atoms with van der Waals surface area (Å²) < 4.78 is 11.1. The lowest BCUT2D eigenvalue weighted by Gasteiger charge is -2.26. The minimum Gasteiger partial charge on any atom is -0.348 e. The molecule has 2 atom stereocenters. The molecule has 0 bridgehead atoms. The van der Waals surface area contributed by atoms with Gasteiger partial charge in [0, 0.05) is 18.6 Å². The number of hydrogen-bond acceptors (Lipinski definition) is 4. The van der Waals surface area contributed by atoms with Gasteiger partial charge in [0.2, 0.25) is 6.29 Å². The monoisotopic (exact) mass is 278 g/mol.